The highest BCUT2D eigenvalue weighted by molar-refractivity contribution is 7.14. The molecule has 2 rings (SSSR count). The van der Waals surface area contributed by atoms with E-state index in [9.17, 15) is 14.3 Å². The molecular weight excluding hydrogens is 269 g/mol. The Kier molecular flexibility index (Phi) is 3.77. The summed E-state index contributed by atoms with van der Waals surface area (Å²) in [5, 5.41) is 13.9. The quantitative estimate of drug-likeness (QED) is 0.805. The first-order valence-electron chi connectivity index (χ1n) is 5.49. The molecule has 1 aromatic heterocycles. The number of rotatable bonds is 3. The number of aromatic hydroxyl groups is 1. The molecule has 0 fully saturated rings. The molecule has 2 aromatic rings. The lowest BCUT2D eigenvalue weighted by Gasteiger charge is -2.05. The van der Waals surface area contributed by atoms with Gasteiger partial charge in [0.1, 0.15) is 17.1 Å². The van der Waals surface area contributed by atoms with Gasteiger partial charge < -0.3 is 10.8 Å². The Morgan fingerprint density at radius 3 is 2.89 bits per heavy atom. The summed E-state index contributed by atoms with van der Waals surface area (Å²) in [6, 6.07) is 3.42. The van der Waals surface area contributed by atoms with Crippen LogP contribution in [0.25, 0.3) is 0 Å². The molecule has 1 heterocycles. The molecule has 0 aliphatic rings. The van der Waals surface area contributed by atoms with Crippen molar-refractivity contribution < 1.29 is 14.3 Å². The van der Waals surface area contributed by atoms with E-state index < -0.39 is 23.0 Å². The third kappa shape index (κ3) is 2.88. The zero-order chi connectivity index (χ0) is 14.0. The molecule has 1 atom stereocenters. The first kappa shape index (κ1) is 13.4. The minimum atomic E-state index is -0.790. The van der Waals surface area contributed by atoms with Gasteiger partial charge in [-0.3, -0.25) is 10.1 Å². The summed E-state index contributed by atoms with van der Waals surface area (Å²) in [6.45, 7) is 1.77. The first-order chi connectivity index (χ1) is 8.99. The van der Waals surface area contributed by atoms with Crippen molar-refractivity contribution in [2.24, 2.45) is 5.73 Å². The van der Waals surface area contributed by atoms with Crippen LogP contribution in [0.4, 0.5) is 9.52 Å². The highest BCUT2D eigenvalue weighted by Gasteiger charge is 2.18. The average Bonchev–Trinajstić information content (AvgIpc) is 2.77. The van der Waals surface area contributed by atoms with E-state index in [0.717, 1.165) is 6.07 Å². The number of hydrogen-bond acceptors (Lipinski definition) is 5. The number of aromatic nitrogens is 1. The van der Waals surface area contributed by atoms with E-state index in [4.69, 9.17) is 5.73 Å². The van der Waals surface area contributed by atoms with Gasteiger partial charge in [0.25, 0.3) is 5.91 Å². The number of carbonyl (C=O) groups excluding carboxylic acids is 1. The van der Waals surface area contributed by atoms with Crippen LogP contribution in [0.1, 0.15) is 29.0 Å². The summed E-state index contributed by atoms with van der Waals surface area (Å²) in [6.07, 6.45) is 0. The van der Waals surface area contributed by atoms with Gasteiger partial charge in [-0.25, -0.2) is 9.37 Å². The maximum Gasteiger partial charge on any atom is 0.264 e. The van der Waals surface area contributed by atoms with E-state index in [2.05, 4.69) is 10.3 Å². The molecule has 1 amide bonds. The number of halogens is 1. The first-order valence-corrected chi connectivity index (χ1v) is 6.37. The third-order valence-corrected chi connectivity index (χ3v) is 3.20. The van der Waals surface area contributed by atoms with Crippen molar-refractivity contribution in [3.05, 3.63) is 40.7 Å². The van der Waals surface area contributed by atoms with E-state index in [1.54, 1.807) is 12.3 Å². The topological polar surface area (TPSA) is 88.2 Å². The van der Waals surface area contributed by atoms with Gasteiger partial charge in [0.15, 0.2) is 5.13 Å². The monoisotopic (exact) mass is 281 g/mol. The number of nitrogens with two attached hydrogens (primary N) is 1. The number of nitrogens with zero attached hydrogens (tertiary/aromatic N) is 1. The summed E-state index contributed by atoms with van der Waals surface area (Å²) in [5.41, 5.74) is 5.88. The van der Waals surface area contributed by atoms with Crippen molar-refractivity contribution in [3.8, 4) is 5.75 Å². The number of phenols is 1. The van der Waals surface area contributed by atoms with Crippen molar-refractivity contribution >= 4 is 22.4 Å². The summed E-state index contributed by atoms with van der Waals surface area (Å²) in [5.74, 6) is -1.95. The highest BCUT2D eigenvalue weighted by Crippen LogP contribution is 2.23. The third-order valence-electron chi connectivity index (χ3n) is 2.43. The van der Waals surface area contributed by atoms with Crippen molar-refractivity contribution in [2.75, 3.05) is 5.32 Å². The summed E-state index contributed by atoms with van der Waals surface area (Å²) in [4.78, 5) is 16.0. The maximum absolute atomic E-state index is 13.5. The molecule has 0 spiro atoms. The smallest absolute Gasteiger partial charge is 0.264 e. The maximum atomic E-state index is 13.5. The molecule has 100 valence electrons. The van der Waals surface area contributed by atoms with Crippen LogP contribution in [0, 0.1) is 5.82 Å². The molecule has 19 heavy (non-hydrogen) atoms. The van der Waals surface area contributed by atoms with E-state index in [1.165, 1.54) is 23.5 Å². The molecule has 5 nitrogen and oxygen atoms in total. The second-order valence-corrected chi connectivity index (χ2v) is 4.81. The normalized spacial score (nSPS) is 12.2. The number of carbonyl (C=O) groups is 1. The standard InChI is InChI=1S/C12H12FN3O2S/c1-6(14)8-5-19-12(15-8)16-11(18)10-7(13)3-2-4-9(10)17/h2-6,17H,14H2,1H3,(H,15,16,18). The Balaban J connectivity index is 2.21. The molecular formula is C12H12FN3O2S. The van der Waals surface area contributed by atoms with Gasteiger partial charge in [-0.05, 0) is 19.1 Å². The Hall–Kier alpha value is -1.99. The molecule has 1 unspecified atom stereocenters. The molecule has 0 saturated heterocycles. The molecule has 0 bridgehead atoms. The lowest BCUT2D eigenvalue weighted by molar-refractivity contribution is 0.102. The number of anilines is 1. The van der Waals surface area contributed by atoms with Crippen LogP contribution in [0.2, 0.25) is 0 Å². The van der Waals surface area contributed by atoms with Crippen LogP contribution in [-0.4, -0.2) is 16.0 Å². The number of phenolic OH excluding ortho intramolecular Hbond substituents is 1. The van der Waals surface area contributed by atoms with Gasteiger partial charge in [-0.15, -0.1) is 11.3 Å². The fraction of sp³-hybridized carbons (Fsp3) is 0.167. The van der Waals surface area contributed by atoms with Crippen LogP contribution >= 0.6 is 11.3 Å². The van der Waals surface area contributed by atoms with Gasteiger partial charge in [0.05, 0.1) is 5.69 Å². The molecule has 0 aliphatic carbocycles. The molecule has 1 aromatic carbocycles. The predicted octanol–water partition coefficient (Wildman–Crippen LogP) is 2.26. The lowest BCUT2D eigenvalue weighted by atomic mass is 10.2. The number of amides is 1. The SMILES string of the molecule is CC(N)c1csc(NC(=O)c2c(O)cccc2F)n1. The van der Waals surface area contributed by atoms with Crippen molar-refractivity contribution in [3.63, 3.8) is 0 Å². The number of benzene rings is 1. The highest BCUT2D eigenvalue weighted by atomic mass is 32.1. The van der Waals surface area contributed by atoms with E-state index in [1.807, 2.05) is 0 Å². The fourth-order valence-electron chi connectivity index (χ4n) is 1.45. The van der Waals surface area contributed by atoms with Gasteiger partial charge in [0.2, 0.25) is 0 Å². The molecule has 0 radical (unpaired) electrons. The summed E-state index contributed by atoms with van der Waals surface area (Å²) >= 11 is 1.19. The second kappa shape index (κ2) is 5.33. The van der Waals surface area contributed by atoms with E-state index in [-0.39, 0.29) is 6.04 Å². The predicted molar refractivity (Wildman–Crippen MR) is 70.7 cm³/mol. The summed E-state index contributed by atoms with van der Waals surface area (Å²) in [7, 11) is 0. The number of hydrogen-bond donors (Lipinski definition) is 3. The van der Waals surface area contributed by atoms with Gasteiger partial charge in [-0.1, -0.05) is 6.07 Å². The number of thiazole rings is 1. The van der Waals surface area contributed by atoms with Crippen molar-refractivity contribution in [1.82, 2.24) is 4.98 Å². The Labute approximate surface area is 112 Å². The zero-order valence-electron chi connectivity index (χ0n) is 10.1. The molecule has 0 aliphatic heterocycles. The molecule has 4 N–H and O–H groups in total. The average molecular weight is 281 g/mol. The van der Waals surface area contributed by atoms with Crippen LogP contribution in [0.3, 0.4) is 0 Å². The van der Waals surface area contributed by atoms with E-state index in [0.29, 0.717) is 10.8 Å². The van der Waals surface area contributed by atoms with Crippen LogP contribution in [0.15, 0.2) is 23.6 Å². The van der Waals surface area contributed by atoms with Gasteiger partial charge in [-0.2, -0.15) is 0 Å². The minimum Gasteiger partial charge on any atom is -0.507 e. The van der Waals surface area contributed by atoms with E-state index >= 15 is 0 Å². The molecule has 7 heteroatoms. The number of nitrogens with one attached hydrogen (secondary N) is 1. The largest absolute Gasteiger partial charge is 0.507 e. The van der Waals surface area contributed by atoms with Gasteiger partial charge in [0, 0.05) is 11.4 Å². The summed E-state index contributed by atoms with van der Waals surface area (Å²) < 4.78 is 13.5. The van der Waals surface area contributed by atoms with Crippen LogP contribution in [0.5, 0.6) is 5.75 Å². The Bertz CT molecular complexity index is 593. The zero-order valence-corrected chi connectivity index (χ0v) is 10.9. The molecule has 0 saturated carbocycles. The fourth-order valence-corrected chi connectivity index (χ4v) is 2.26. The lowest BCUT2D eigenvalue weighted by Crippen LogP contribution is -2.14. The minimum absolute atomic E-state index is 0.247. The second-order valence-electron chi connectivity index (χ2n) is 3.95. The van der Waals surface area contributed by atoms with Gasteiger partial charge >= 0.3 is 0 Å². The Morgan fingerprint density at radius 1 is 1.58 bits per heavy atom. The van der Waals surface area contributed by atoms with Crippen molar-refractivity contribution in [2.45, 2.75) is 13.0 Å². The van der Waals surface area contributed by atoms with Crippen LogP contribution in [-0.2, 0) is 0 Å². The van der Waals surface area contributed by atoms with Crippen LogP contribution < -0.4 is 11.1 Å². The van der Waals surface area contributed by atoms with Crippen molar-refractivity contribution in [1.29, 1.82) is 0 Å². The Morgan fingerprint density at radius 2 is 2.32 bits per heavy atom.